The van der Waals surface area contributed by atoms with Crippen LogP contribution in [0.1, 0.15) is 31.6 Å². The molecule has 0 aliphatic carbocycles. The zero-order chi connectivity index (χ0) is 13.0. The molecule has 17 heavy (non-hydrogen) atoms. The summed E-state index contributed by atoms with van der Waals surface area (Å²) in [5.74, 6) is -0.187. The Morgan fingerprint density at radius 2 is 2.24 bits per heavy atom. The number of rotatable bonds is 3. The third-order valence-corrected chi connectivity index (χ3v) is 2.09. The van der Waals surface area contributed by atoms with Crippen molar-refractivity contribution in [2.24, 2.45) is 5.10 Å². The molecule has 0 unspecified atom stereocenters. The van der Waals surface area contributed by atoms with Crippen LogP contribution in [-0.4, -0.2) is 16.7 Å². The summed E-state index contributed by atoms with van der Waals surface area (Å²) < 4.78 is 4.83. The lowest BCUT2D eigenvalue weighted by molar-refractivity contribution is -0.120. The summed E-state index contributed by atoms with van der Waals surface area (Å²) in [5, 5.41) is 13.3. The van der Waals surface area contributed by atoms with Gasteiger partial charge in [-0.1, -0.05) is 6.92 Å². The average Bonchev–Trinajstić information content (AvgIpc) is 2.24. The van der Waals surface area contributed by atoms with Gasteiger partial charge in [-0.05, 0) is 13.8 Å². The Labute approximate surface area is 98.0 Å². The summed E-state index contributed by atoms with van der Waals surface area (Å²) in [6.07, 6.45) is 0.283. The van der Waals surface area contributed by atoms with Crippen molar-refractivity contribution in [3.05, 3.63) is 27.8 Å². The average molecular weight is 238 g/mol. The number of hydrogen-bond acceptors (Lipinski definition) is 5. The third-order valence-electron chi connectivity index (χ3n) is 2.09. The molecule has 0 saturated heterocycles. The van der Waals surface area contributed by atoms with Gasteiger partial charge in [-0.15, -0.1) is 0 Å². The van der Waals surface area contributed by atoms with Gasteiger partial charge >= 0.3 is 5.63 Å². The van der Waals surface area contributed by atoms with E-state index in [1.807, 2.05) is 0 Å². The topological polar surface area (TPSA) is 91.9 Å². The zero-order valence-corrected chi connectivity index (χ0v) is 9.90. The second kappa shape index (κ2) is 5.29. The van der Waals surface area contributed by atoms with E-state index in [9.17, 15) is 14.7 Å². The fraction of sp³-hybridized carbons (Fsp3) is 0.364. The van der Waals surface area contributed by atoms with Crippen LogP contribution >= 0.6 is 0 Å². The highest BCUT2D eigenvalue weighted by Crippen LogP contribution is 2.14. The van der Waals surface area contributed by atoms with E-state index in [0.717, 1.165) is 0 Å². The number of nitrogens with zero attached hydrogens (tertiary/aromatic N) is 1. The summed E-state index contributed by atoms with van der Waals surface area (Å²) in [7, 11) is 0. The van der Waals surface area contributed by atoms with Gasteiger partial charge in [-0.3, -0.25) is 4.79 Å². The highest BCUT2D eigenvalue weighted by Gasteiger charge is 2.13. The highest BCUT2D eigenvalue weighted by atomic mass is 16.4. The number of aryl methyl sites for hydroxylation is 1. The van der Waals surface area contributed by atoms with E-state index in [1.54, 1.807) is 13.8 Å². The maximum atomic E-state index is 11.5. The first kappa shape index (κ1) is 13.0. The molecule has 0 aromatic carbocycles. The molecule has 0 spiro atoms. The second-order valence-electron chi connectivity index (χ2n) is 3.49. The number of carbonyl (C=O) groups is 1. The SMILES string of the molecule is CCC(=O)NN=C(C)c1c(O)cc(C)oc1=O. The summed E-state index contributed by atoms with van der Waals surface area (Å²) in [4.78, 5) is 22.5. The number of amides is 1. The van der Waals surface area contributed by atoms with Crippen molar-refractivity contribution < 1.29 is 14.3 Å². The first-order chi connectivity index (χ1) is 7.95. The van der Waals surface area contributed by atoms with Crippen LogP contribution in [0.4, 0.5) is 0 Å². The summed E-state index contributed by atoms with van der Waals surface area (Å²) in [5.41, 5.74) is 1.71. The standard InChI is InChI=1S/C11H14N2O4/c1-4-9(15)13-12-7(3)10-8(14)5-6(2)17-11(10)16/h5,14H,4H2,1-3H3,(H,13,15). The van der Waals surface area contributed by atoms with Crippen LogP contribution in [0.5, 0.6) is 5.75 Å². The molecule has 6 heteroatoms. The fourth-order valence-electron chi connectivity index (χ4n) is 1.21. The molecule has 0 bridgehead atoms. The Kier molecular flexibility index (Phi) is 4.03. The van der Waals surface area contributed by atoms with Gasteiger partial charge < -0.3 is 9.52 Å². The molecule has 0 radical (unpaired) electrons. The Hall–Kier alpha value is -2.11. The summed E-state index contributed by atoms with van der Waals surface area (Å²) in [6.45, 7) is 4.73. The van der Waals surface area contributed by atoms with Gasteiger partial charge in [0.05, 0.1) is 5.71 Å². The minimum absolute atomic E-state index is 0.0491. The Bertz CT molecular complexity index is 517. The van der Waals surface area contributed by atoms with Crippen LogP contribution in [0, 0.1) is 6.92 Å². The van der Waals surface area contributed by atoms with E-state index in [-0.39, 0.29) is 29.4 Å². The summed E-state index contributed by atoms with van der Waals surface area (Å²) in [6, 6.07) is 1.32. The number of aromatic hydroxyl groups is 1. The minimum atomic E-state index is -0.686. The molecule has 0 aliphatic heterocycles. The van der Waals surface area contributed by atoms with Gasteiger partial charge in [0, 0.05) is 12.5 Å². The fourth-order valence-corrected chi connectivity index (χ4v) is 1.21. The molecule has 0 fully saturated rings. The van der Waals surface area contributed by atoms with E-state index in [4.69, 9.17) is 4.42 Å². The van der Waals surface area contributed by atoms with Crippen molar-refractivity contribution >= 4 is 11.6 Å². The molecule has 0 saturated carbocycles. The van der Waals surface area contributed by atoms with Gasteiger partial charge in [0.1, 0.15) is 17.1 Å². The Balaban J connectivity index is 3.08. The molecule has 2 N–H and O–H groups in total. The van der Waals surface area contributed by atoms with Gasteiger partial charge in [0.25, 0.3) is 0 Å². The maximum absolute atomic E-state index is 11.5. The second-order valence-corrected chi connectivity index (χ2v) is 3.49. The van der Waals surface area contributed by atoms with Crippen molar-refractivity contribution in [2.75, 3.05) is 0 Å². The van der Waals surface area contributed by atoms with Crippen LogP contribution in [0.2, 0.25) is 0 Å². The van der Waals surface area contributed by atoms with Crippen molar-refractivity contribution in [1.29, 1.82) is 0 Å². The van der Waals surface area contributed by atoms with E-state index in [2.05, 4.69) is 10.5 Å². The number of nitrogens with one attached hydrogen (secondary N) is 1. The molecule has 1 rings (SSSR count). The normalized spacial score (nSPS) is 11.4. The van der Waals surface area contributed by atoms with Crippen molar-refractivity contribution in [1.82, 2.24) is 5.43 Å². The molecule has 1 aromatic rings. The monoisotopic (exact) mass is 238 g/mol. The maximum Gasteiger partial charge on any atom is 0.348 e. The van der Waals surface area contributed by atoms with E-state index in [1.165, 1.54) is 13.0 Å². The van der Waals surface area contributed by atoms with Crippen LogP contribution in [-0.2, 0) is 4.79 Å². The lowest BCUT2D eigenvalue weighted by Crippen LogP contribution is -2.20. The predicted molar refractivity (Wildman–Crippen MR) is 62.0 cm³/mol. The highest BCUT2D eigenvalue weighted by molar-refractivity contribution is 6.01. The molecule has 1 heterocycles. The number of hydrazone groups is 1. The number of carbonyl (C=O) groups excluding carboxylic acids is 1. The largest absolute Gasteiger partial charge is 0.507 e. The van der Waals surface area contributed by atoms with Crippen LogP contribution in [0.15, 0.2) is 20.4 Å². The molecular weight excluding hydrogens is 224 g/mol. The predicted octanol–water partition coefficient (Wildman–Crippen LogP) is 0.904. The molecule has 1 aromatic heterocycles. The lowest BCUT2D eigenvalue weighted by Gasteiger charge is -2.03. The smallest absolute Gasteiger partial charge is 0.348 e. The quantitative estimate of drug-likeness (QED) is 0.604. The van der Waals surface area contributed by atoms with Gasteiger partial charge in [-0.2, -0.15) is 5.10 Å². The third kappa shape index (κ3) is 3.17. The molecular formula is C11H14N2O4. The van der Waals surface area contributed by atoms with Crippen molar-refractivity contribution in [2.45, 2.75) is 27.2 Å². The van der Waals surface area contributed by atoms with Crippen LogP contribution < -0.4 is 11.1 Å². The van der Waals surface area contributed by atoms with Crippen molar-refractivity contribution in [3.8, 4) is 5.75 Å². The van der Waals surface area contributed by atoms with Crippen molar-refractivity contribution in [3.63, 3.8) is 0 Å². The molecule has 0 aliphatic rings. The molecule has 6 nitrogen and oxygen atoms in total. The first-order valence-corrected chi connectivity index (χ1v) is 5.13. The minimum Gasteiger partial charge on any atom is -0.507 e. The molecule has 0 atom stereocenters. The van der Waals surface area contributed by atoms with Crippen LogP contribution in [0.25, 0.3) is 0 Å². The van der Waals surface area contributed by atoms with E-state index >= 15 is 0 Å². The van der Waals surface area contributed by atoms with Gasteiger partial charge in [-0.25, -0.2) is 10.2 Å². The van der Waals surface area contributed by atoms with E-state index < -0.39 is 5.63 Å². The van der Waals surface area contributed by atoms with Gasteiger partial charge in [0.15, 0.2) is 0 Å². The molecule has 1 amide bonds. The zero-order valence-electron chi connectivity index (χ0n) is 9.90. The lowest BCUT2D eigenvalue weighted by atomic mass is 10.2. The summed E-state index contributed by atoms with van der Waals surface area (Å²) >= 11 is 0. The Morgan fingerprint density at radius 1 is 1.59 bits per heavy atom. The van der Waals surface area contributed by atoms with Gasteiger partial charge in [0.2, 0.25) is 5.91 Å². The van der Waals surface area contributed by atoms with Crippen LogP contribution in [0.3, 0.4) is 0 Å². The van der Waals surface area contributed by atoms with E-state index in [0.29, 0.717) is 5.76 Å². The Morgan fingerprint density at radius 3 is 2.76 bits per heavy atom. The molecule has 92 valence electrons. The number of hydrogen-bond donors (Lipinski definition) is 2. The first-order valence-electron chi connectivity index (χ1n) is 5.13.